The van der Waals surface area contributed by atoms with Gasteiger partial charge in [-0.05, 0) is 56.5 Å². The number of benzene rings is 1. The zero-order valence-electron chi connectivity index (χ0n) is 18.4. The van der Waals surface area contributed by atoms with Crippen LogP contribution >= 0.6 is 11.3 Å². The molecule has 0 bridgehead atoms. The maximum absolute atomic E-state index is 12.6. The fourth-order valence-electron chi connectivity index (χ4n) is 3.98. The van der Waals surface area contributed by atoms with Crippen molar-refractivity contribution in [2.45, 2.75) is 32.9 Å². The summed E-state index contributed by atoms with van der Waals surface area (Å²) in [5.41, 5.74) is 0.486. The zero-order chi connectivity index (χ0) is 23.6. The molecule has 1 aromatic carbocycles. The number of nitrogens with zero attached hydrogens (tertiary/aromatic N) is 3. The predicted molar refractivity (Wildman–Crippen MR) is 122 cm³/mol. The summed E-state index contributed by atoms with van der Waals surface area (Å²) >= 11 is 1.67. The van der Waals surface area contributed by atoms with E-state index in [0.717, 1.165) is 54.1 Å². The summed E-state index contributed by atoms with van der Waals surface area (Å²) in [7, 11) is 0. The number of halogens is 3. The molecule has 1 amide bonds. The Morgan fingerprint density at radius 3 is 2.55 bits per heavy atom. The molecule has 3 heterocycles. The summed E-state index contributed by atoms with van der Waals surface area (Å²) in [5.74, 6) is 1.15. The van der Waals surface area contributed by atoms with E-state index in [1.165, 1.54) is 22.6 Å². The van der Waals surface area contributed by atoms with E-state index in [1.54, 1.807) is 17.7 Å². The lowest BCUT2D eigenvalue weighted by atomic mass is 9.95. The van der Waals surface area contributed by atoms with E-state index >= 15 is 0 Å². The molecule has 0 aliphatic carbocycles. The fourth-order valence-corrected chi connectivity index (χ4v) is 4.98. The number of nitrogens with one attached hydrogen (secondary N) is 1. The number of aromatic nitrogens is 2. The van der Waals surface area contributed by atoms with E-state index in [9.17, 15) is 18.0 Å². The molecule has 1 aliphatic rings. The molecule has 0 saturated carbocycles. The van der Waals surface area contributed by atoms with Crippen LogP contribution in [-0.4, -0.2) is 42.1 Å². The van der Waals surface area contributed by atoms with Crippen LogP contribution in [0.3, 0.4) is 0 Å². The first-order valence-electron chi connectivity index (χ1n) is 10.8. The monoisotopic (exact) mass is 478 g/mol. The molecular weight excluding hydrogens is 453 g/mol. The first kappa shape index (κ1) is 23.3. The van der Waals surface area contributed by atoms with Crippen LogP contribution < -0.4 is 15.0 Å². The lowest BCUT2D eigenvalue weighted by Gasteiger charge is -2.32. The van der Waals surface area contributed by atoms with Crippen LogP contribution in [0.5, 0.6) is 5.75 Å². The first-order valence-corrected chi connectivity index (χ1v) is 11.6. The third-order valence-corrected chi connectivity index (χ3v) is 7.08. The van der Waals surface area contributed by atoms with Gasteiger partial charge in [0.1, 0.15) is 29.3 Å². The molecule has 1 aliphatic heterocycles. The average Bonchev–Trinajstić information content (AvgIpc) is 3.10. The maximum atomic E-state index is 12.6. The molecule has 0 unspecified atom stereocenters. The van der Waals surface area contributed by atoms with Gasteiger partial charge in [0.15, 0.2) is 0 Å². The number of carbonyl (C=O) groups excluding carboxylic acids is 1. The third-order valence-electron chi connectivity index (χ3n) is 5.96. The lowest BCUT2D eigenvalue weighted by molar-refractivity contribution is -0.137. The number of rotatable bonds is 6. The Balaban J connectivity index is 1.24. The minimum atomic E-state index is -4.37. The van der Waals surface area contributed by atoms with Crippen LogP contribution in [-0.2, 0) is 11.0 Å². The number of amides is 1. The normalized spacial score (nSPS) is 15.1. The van der Waals surface area contributed by atoms with Gasteiger partial charge in [-0.15, -0.1) is 11.3 Å². The molecule has 33 heavy (non-hydrogen) atoms. The number of alkyl halides is 3. The van der Waals surface area contributed by atoms with E-state index in [0.29, 0.717) is 12.3 Å². The number of piperidine rings is 1. The highest BCUT2D eigenvalue weighted by atomic mass is 32.1. The molecule has 4 rings (SSSR count). The number of thiophene rings is 1. The van der Waals surface area contributed by atoms with Gasteiger partial charge in [-0.3, -0.25) is 4.79 Å². The average molecular weight is 479 g/mol. The van der Waals surface area contributed by atoms with Crippen molar-refractivity contribution in [2.24, 2.45) is 5.92 Å². The molecule has 0 radical (unpaired) electrons. The number of carbonyl (C=O) groups is 1. The number of anilines is 1. The van der Waals surface area contributed by atoms with Crippen LogP contribution in [0.1, 0.15) is 28.8 Å². The zero-order valence-corrected chi connectivity index (χ0v) is 19.2. The molecular formula is C23H25F3N4O2S. The molecule has 176 valence electrons. The van der Waals surface area contributed by atoms with Crippen LogP contribution in [0.2, 0.25) is 0 Å². The van der Waals surface area contributed by atoms with Crippen molar-refractivity contribution in [3.05, 3.63) is 46.6 Å². The number of fused-ring (bicyclic) bond motifs is 1. The van der Waals surface area contributed by atoms with Gasteiger partial charge in [-0.1, -0.05) is 0 Å². The third kappa shape index (κ3) is 5.21. The second-order valence-electron chi connectivity index (χ2n) is 8.08. The summed E-state index contributed by atoms with van der Waals surface area (Å²) in [5, 5.41) is 3.97. The molecule has 6 nitrogen and oxygen atoms in total. The molecule has 0 atom stereocenters. The van der Waals surface area contributed by atoms with Crippen molar-refractivity contribution in [2.75, 3.05) is 31.1 Å². The Kier molecular flexibility index (Phi) is 6.73. The van der Waals surface area contributed by atoms with Crippen LogP contribution in [0, 0.1) is 19.8 Å². The van der Waals surface area contributed by atoms with Gasteiger partial charge in [-0.25, -0.2) is 9.97 Å². The number of hydrogen-bond donors (Lipinski definition) is 1. The van der Waals surface area contributed by atoms with Crippen LogP contribution in [0.25, 0.3) is 10.2 Å². The molecule has 10 heteroatoms. The van der Waals surface area contributed by atoms with Crippen molar-refractivity contribution in [1.29, 1.82) is 0 Å². The van der Waals surface area contributed by atoms with Crippen molar-refractivity contribution >= 4 is 33.3 Å². The summed E-state index contributed by atoms with van der Waals surface area (Å²) in [6.45, 7) is 6.13. The Labute approximate surface area is 193 Å². The highest BCUT2D eigenvalue weighted by molar-refractivity contribution is 7.18. The largest absolute Gasteiger partial charge is 0.492 e. The summed E-state index contributed by atoms with van der Waals surface area (Å²) in [6.07, 6.45) is -1.33. The molecule has 0 spiro atoms. The SMILES string of the molecule is Cc1sc2ncnc(N3CCC(C(=O)NCCOc4ccc(C(F)(F)F)cc4)CC3)c2c1C. The molecule has 3 aromatic rings. The van der Waals surface area contributed by atoms with Crippen molar-refractivity contribution in [3.63, 3.8) is 0 Å². The topological polar surface area (TPSA) is 67.4 Å². The minimum Gasteiger partial charge on any atom is -0.492 e. The Hall–Kier alpha value is -2.88. The minimum absolute atomic E-state index is 0.0268. The first-order chi connectivity index (χ1) is 15.7. The molecule has 1 fully saturated rings. The van der Waals surface area contributed by atoms with Crippen molar-refractivity contribution in [1.82, 2.24) is 15.3 Å². The van der Waals surface area contributed by atoms with E-state index < -0.39 is 11.7 Å². The highest BCUT2D eigenvalue weighted by Gasteiger charge is 2.30. The van der Waals surface area contributed by atoms with Crippen LogP contribution in [0.4, 0.5) is 19.0 Å². The Morgan fingerprint density at radius 2 is 1.88 bits per heavy atom. The van der Waals surface area contributed by atoms with Gasteiger partial charge in [0.25, 0.3) is 0 Å². The van der Waals surface area contributed by atoms with E-state index in [2.05, 4.69) is 34.0 Å². The van der Waals surface area contributed by atoms with Crippen molar-refractivity contribution in [3.8, 4) is 5.75 Å². The number of ether oxygens (including phenoxy) is 1. The van der Waals surface area contributed by atoms with Crippen molar-refractivity contribution < 1.29 is 22.7 Å². The number of aryl methyl sites for hydroxylation is 2. The second-order valence-corrected chi connectivity index (χ2v) is 9.29. The summed E-state index contributed by atoms with van der Waals surface area (Å²) < 4.78 is 43.2. The molecule has 1 saturated heterocycles. The fraction of sp³-hybridized carbons (Fsp3) is 0.435. The quantitative estimate of drug-likeness (QED) is 0.519. The second kappa shape index (κ2) is 9.54. The Bertz CT molecular complexity index is 1120. The molecule has 2 aromatic heterocycles. The van der Waals surface area contributed by atoms with Gasteiger partial charge in [-0.2, -0.15) is 13.2 Å². The van der Waals surface area contributed by atoms with Gasteiger partial charge >= 0.3 is 6.18 Å². The lowest BCUT2D eigenvalue weighted by Crippen LogP contribution is -2.41. The Morgan fingerprint density at radius 1 is 1.18 bits per heavy atom. The van der Waals surface area contributed by atoms with E-state index in [-0.39, 0.29) is 18.4 Å². The maximum Gasteiger partial charge on any atom is 0.416 e. The molecule has 1 N–H and O–H groups in total. The summed E-state index contributed by atoms with van der Waals surface area (Å²) in [4.78, 5) is 25.9. The van der Waals surface area contributed by atoms with E-state index in [1.807, 2.05) is 0 Å². The van der Waals surface area contributed by atoms with Gasteiger partial charge in [0, 0.05) is 23.9 Å². The van der Waals surface area contributed by atoms with E-state index in [4.69, 9.17) is 4.74 Å². The smallest absolute Gasteiger partial charge is 0.416 e. The van der Waals surface area contributed by atoms with Crippen LogP contribution in [0.15, 0.2) is 30.6 Å². The number of hydrogen-bond acceptors (Lipinski definition) is 6. The van der Waals surface area contributed by atoms with Gasteiger partial charge < -0.3 is 15.0 Å². The predicted octanol–water partition coefficient (Wildman–Crippen LogP) is 4.74. The van der Waals surface area contributed by atoms with Gasteiger partial charge in [0.05, 0.1) is 17.5 Å². The standard InChI is InChI=1S/C23H25F3N4O2S/c1-14-15(2)33-22-19(14)20(28-13-29-22)30-10-7-16(8-11-30)21(31)27-9-12-32-18-5-3-17(4-6-18)23(24,25)26/h3-6,13,16H,7-12H2,1-2H3,(H,27,31). The summed E-state index contributed by atoms with van der Waals surface area (Å²) in [6, 6.07) is 4.51. The highest BCUT2D eigenvalue weighted by Crippen LogP contribution is 2.35. The van der Waals surface area contributed by atoms with Gasteiger partial charge in [0.2, 0.25) is 5.91 Å².